The molecule has 2 rings (SSSR count). The Kier molecular flexibility index (Phi) is 2.10. The van der Waals surface area contributed by atoms with Gasteiger partial charge in [0.1, 0.15) is 0 Å². The topological polar surface area (TPSA) is 18.5 Å². The molecular weight excluding hydrogens is 202 g/mol. The van der Waals surface area contributed by atoms with Crippen molar-refractivity contribution in [2.75, 3.05) is 0 Å². The quantitative estimate of drug-likeness (QED) is 0.712. The molecule has 0 bridgehead atoms. The van der Waals surface area contributed by atoms with Crippen LogP contribution < -0.4 is 9.47 Å². The lowest BCUT2D eigenvalue weighted by Gasteiger charge is -2.11. The van der Waals surface area contributed by atoms with Crippen molar-refractivity contribution in [2.45, 2.75) is 33.0 Å². The van der Waals surface area contributed by atoms with E-state index in [-0.39, 0.29) is 17.4 Å². The first-order valence-corrected chi connectivity index (χ1v) is 4.80. The highest BCUT2D eigenvalue weighted by molar-refractivity contribution is 5.52. The average molecular weight is 214 g/mol. The van der Waals surface area contributed by atoms with Gasteiger partial charge in [-0.05, 0) is 30.0 Å². The molecule has 0 N–H and O–H groups in total. The normalized spacial score (nSPS) is 17.2. The number of ether oxygens (including phenoxy) is 2. The summed E-state index contributed by atoms with van der Waals surface area (Å²) in [4.78, 5) is 0. The second-order valence-corrected chi connectivity index (χ2v) is 3.93. The minimum absolute atomic E-state index is 0.113. The molecule has 0 spiro atoms. The number of benzene rings is 1. The number of hydrogen-bond acceptors (Lipinski definition) is 2. The molecule has 0 unspecified atom stereocenters. The number of fused-ring (bicyclic) bond motifs is 1. The largest absolute Gasteiger partial charge is 0.586 e. The summed E-state index contributed by atoms with van der Waals surface area (Å²) >= 11 is 0. The van der Waals surface area contributed by atoms with Crippen LogP contribution in [-0.4, -0.2) is 6.29 Å². The highest BCUT2D eigenvalue weighted by atomic mass is 19.3. The summed E-state index contributed by atoms with van der Waals surface area (Å²) < 4.78 is 34.4. The van der Waals surface area contributed by atoms with Crippen molar-refractivity contribution in [2.24, 2.45) is 0 Å². The van der Waals surface area contributed by atoms with Gasteiger partial charge in [0.05, 0.1) is 0 Å². The fourth-order valence-electron chi connectivity index (χ4n) is 1.78. The molecular formula is C11H12F2O2. The molecule has 0 fully saturated rings. The predicted molar refractivity (Wildman–Crippen MR) is 51.5 cm³/mol. The molecule has 0 amide bonds. The van der Waals surface area contributed by atoms with Gasteiger partial charge in [0.15, 0.2) is 11.5 Å². The highest BCUT2D eigenvalue weighted by Gasteiger charge is 2.44. The number of halogens is 2. The summed E-state index contributed by atoms with van der Waals surface area (Å²) in [6.45, 7) is 5.77. The molecule has 82 valence electrons. The van der Waals surface area contributed by atoms with Crippen LogP contribution in [0.1, 0.15) is 30.9 Å². The van der Waals surface area contributed by atoms with Crippen LogP contribution >= 0.6 is 0 Å². The van der Waals surface area contributed by atoms with Gasteiger partial charge in [0.25, 0.3) is 0 Å². The van der Waals surface area contributed by atoms with Gasteiger partial charge in [0.2, 0.25) is 0 Å². The fraction of sp³-hybridized carbons (Fsp3) is 0.455. The minimum Gasteiger partial charge on any atom is -0.395 e. The molecule has 2 nitrogen and oxygen atoms in total. The fourth-order valence-corrected chi connectivity index (χ4v) is 1.78. The monoisotopic (exact) mass is 214 g/mol. The highest BCUT2D eigenvalue weighted by Crippen LogP contribution is 2.45. The Balaban J connectivity index is 2.49. The van der Waals surface area contributed by atoms with E-state index in [9.17, 15) is 8.78 Å². The van der Waals surface area contributed by atoms with Gasteiger partial charge in [-0.15, -0.1) is 8.78 Å². The molecule has 0 saturated carbocycles. The Morgan fingerprint density at radius 1 is 1.20 bits per heavy atom. The van der Waals surface area contributed by atoms with E-state index >= 15 is 0 Å². The molecule has 1 aliphatic rings. The van der Waals surface area contributed by atoms with E-state index in [1.54, 1.807) is 13.0 Å². The third-order valence-corrected chi connectivity index (χ3v) is 2.48. The van der Waals surface area contributed by atoms with Gasteiger partial charge < -0.3 is 9.47 Å². The zero-order valence-corrected chi connectivity index (χ0v) is 8.80. The Hall–Kier alpha value is -1.32. The van der Waals surface area contributed by atoms with Crippen LogP contribution in [0.25, 0.3) is 0 Å². The number of rotatable bonds is 1. The van der Waals surface area contributed by atoms with Crippen molar-refractivity contribution in [3.05, 3.63) is 23.3 Å². The van der Waals surface area contributed by atoms with Gasteiger partial charge in [0, 0.05) is 0 Å². The van der Waals surface area contributed by atoms with Gasteiger partial charge in [-0.1, -0.05) is 19.9 Å². The molecule has 4 heteroatoms. The maximum atomic E-state index is 12.8. The SMILES string of the molecule is Cc1c(C(C)C)ccc2c1OC(F)(F)O2. The van der Waals surface area contributed by atoms with Gasteiger partial charge in [-0.25, -0.2) is 0 Å². The molecule has 1 aliphatic heterocycles. The molecule has 0 aromatic heterocycles. The summed E-state index contributed by atoms with van der Waals surface area (Å²) in [5, 5.41) is 0. The van der Waals surface area contributed by atoms with Crippen LogP contribution in [0.2, 0.25) is 0 Å². The molecule has 0 radical (unpaired) electrons. The van der Waals surface area contributed by atoms with Gasteiger partial charge >= 0.3 is 6.29 Å². The summed E-state index contributed by atoms with van der Waals surface area (Å²) in [5.74, 6) is 0.543. The van der Waals surface area contributed by atoms with E-state index in [1.807, 2.05) is 13.8 Å². The third kappa shape index (κ3) is 1.64. The lowest BCUT2D eigenvalue weighted by Crippen LogP contribution is -2.26. The first kappa shape index (κ1) is 10.2. The van der Waals surface area contributed by atoms with Crippen molar-refractivity contribution in [1.29, 1.82) is 0 Å². The second kappa shape index (κ2) is 3.08. The zero-order valence-electron chi connectivity index (χ0n) is 8.80. The van der Waals surface area contributed by atoms with Crippen molar-refractivity contribution in [1.82, 2.24) is 0 Å². The van der Waals surface area contributed by atoms with Crippen LogP contribution in [-0.2, 0) is 0 Å². The predicted octanol–water partition coefficient (Wildman–Crippen LogP) is 3.44. The van der Waals surface area contributed by atoms with Gasteiger partial charge in [-0.2, -0.15) is 0 Å². The van der Waals surface area contributed by atoms with Crippen LogP contribution in [0.15, 0.2) is 12.1 Å². The molecule has 15 heavy (non-hydrogen) atoms. The Bertz CT molecular complexity index is 400. The first-order chi connectivity index (χ1) is 6.91. The van der Waals surface area contributed by atoms with Crippen molar-refractivity contribution in [3.63, 3.8) is 0 Å². The standard InChI is InChI=1S/C11H12F2O2/c1-6(2)8-4-5-9-10(7(8)3)15-11(12,13)14-9/h4-6H,1-3H3. The van der Waals surface area contributed by atoms with Crippen LogP contribution in [0, 0.1) is 6.92 Å². The maximum absolute atomic E-state index is 12.8. The molecule has 0 aliphatic carbocycles. The van der Waals surface area contributed by atoms with Crippen molar-refractivity contribution < 1.29 is 18.3 Å². The maximum Gasteiger partial charge on any atom is 0.586 e. The summed E-state index contributed by atoms with van der Waals surface area (Å²) in [7, 11) is 0. The summed E-state index contributed by atoms with van der Waals surface area (Å²) in [5.41, 5.74) is 1.72. The zero-order chi connectivity index (χ0) is 11.2. The average Bonchev–Trinajstić information content (AvgIpc) is 2.40. The molecule has 1 aromatic rings. The van der Waals surface area contributed by atoms with Crippen LogP contribution in [0.3, 0.4) is 0 Å². The lowest BCUT2D eigenvalue weighted by atomic mass is 9.97. The third-order valence-electron chi connectivity index (χ3n) is 2.48. The van der Waals surface area contributed by atoms with Crippen molar-refractivity contribution in [3.8, 4) is 11.5 Å². The Morgan fingerprint density at radius 2 is 1.87 bits per heavy atom. The van der Waals surface area contributed by atoms with E-state index in [1.165, 1.54) is 6.07 Å². The van der Waals surface area contributed by atoms with Crippen LogP contribution in [0.5, 0.6) is 11.5 Å². The van der Waals surface area contributed by atoms with Crippen LogP contribution in [0.4, 0.5) is 8.78 Å². The van der Waals surface area contributed by atoms with E-state index in [2.05, 4.69) is 9.47 Å². The second-order valence-electron chi connectivity index (χ2n) is 3.93. The van der Waals surface area contributed by atoms with E-state index < -0.39 is 6.29 Å². The Morgan fingerprint density at radius 3 is 2.47 bits per heavy atom. The number of alkyl halides is 2. The van der Waals surface area contributed by atoms with Crippen molar-refractivity contribution >= 4 is 0 Å². The molecule has 1 aromatic carbocycles. The Labute approximate surface area is 86.8 Å². The lowest BCUT2D eigenvalue weighted by molar-refractivity contribution is -0.286. The first-order valence-electron chi connectivity index (χ1n) is 4.80. The molecule has 1 heterocycles. The summed E-state index contributed by atoms with van der Waals surface area (Å²) in [6, 6.07) is 3.32. The van der Waals surface area contributed by atoms with E-state index in [0.29, 0.717) is 0 Å². The summed E-state index contributed by atoms with van der Waals surface area (Å²) in [6.07, 6.45) is -3.53. The van der Waals surface area contributed by atoms with Gasteiger partial charge in [-0.3, -0.25) is 0 Å². The minimum atomic E-state index is -3.53. The molecule has 0 atom stereocenters. The smallest absolute Gasteiger partial charge is 0.395 e. The van der Waals surface area contributed by atoms with E-state index in [4.69, 9.17) is 0 Å². The van der Waals surface area contributed by atoms with E-state index in [0.717, 1.165) is 11.1 Å². The number of hydrogen-bond donors (Lipinski definition) is 0. The molecule has 0 saturated heterocycles.